The van der Waals surface area contributed by atoms with E-state index in [2.05, 4.69) is 20.7 Å². The highest BCUT2D eigenvalue weighted by Gasteiger charge is 2.22. The number of hydrogen-bond donors (Lipinski definition) is 2. The molecular weight excluding hydrogens is 474 g/mol. The van der Waals surface area contributed by atoms with Gasteiger partial charge >= 0.3 is 0 Å². The van der Waals surface area contributed by atoms with Gasteiger partial charge in [-0.1, -0.05) is 36.6 Å². The summed E-state index contributed by atoms with van der Waals surface area (Å²) in [5.74, 6) is -0.141. The Labute approximate surface area is 214 Å². The van der Waals surface area contributed by atoms with Crippen molar-refractivity contribution in [2.75, 3.05) is 5.32 Å². The highest BCUT2D eigenvalue weighted by Crippen LogP contribution is 2.28. The summed E-state index contributed by atoms with van der Waals surface area (Å²) >= 11 is 6.39. The fraction of sp³-hybridized carbons (Fsp3) is 0.286. The van der Waals surface area contributed by atoms with Crippen molar-refractivity contribution in [2.45, 2.75) is 46.1 Å². The van der Waals surface area contributed by atoms with E-state index in [4.69, 9.17) is 11.6 Å². The van der Waals surface area contributed by atoms with Gasteiger partial charge in [0, 0.05) is 29.2 Å². The molecule has 0 spiro atoms. The number of aryl methyl sites for hydroxylation is 2. The molecule has 0 unspecified atom stereocenters. The number of benzene rings is 2. The summed E-state index contributed by atoms with van der Waals surface area (Å²) < 4.78 is 1.84. The molecule has 184 valence electrons. The van der Waals surface area contributed by atoms with Crippen molar-refractivity contribution in [1.82, 2.24) is 20.1 Å². The van der Waals surface area contributed by atoms with Gasteiger partial charge in [-0.2, -0.15) is 5.10 Å². The fourth-order valence-corrected chi connectivity index (χ4v) is 5.07. The van der Waals surface area contributed by atoms with Crippen LogP contribution in [0.25, 0.3) is 16.6 Å². The zero-order valence-electron chi connectivity index (χ0n) is 20.3. The molecule has 0 radical (unpaired) electrons. The number of halogens is 1. The summed E-state index contributed by atoms with van der Waals surface area (Å²) in [5, 5.41) is 11.7. The maximum atomic E-state index is 13.2. The second-order valence-electron chi connectivity index (χ2n) is 9.37. The number of pyridine rings is 1. The van der Waals surface area contributed by atoms with Gasteiger partial charge in [0.2, 0.25) is 5.91 Å². The van der Waals surface area contributed by atoms with Crippen LogP contribution in [0.1, 0.15) is 53.0 Å². The first-order chi connectivity index (χ1) is 17.4. The molecule has 2 N–H and O–H groups in total. The molecule has 1 fully saturated rings. The van der Waals surface area contributed by atoms with Gasteiger partial charge in [-0.25, -0.2) is 4.68 Å². The zero-order valence-corrected chi connectivity index (χ0v) is 21.1. The largest absolute Gasteiger partial charge is 0.352 e. The molecule has 2 aromatic heterocycles. The molecular formula is C28H28ClN5O2. The molecule has 2 aromatic carbocycles. The van der Waals surface area contributed by atoms with Gasteiger partial charge in [-0.05, 0) is 68.7 Å². The first-order valence-corrected chi connectivity index (χ1v) is 12.6. The van der Waals surface area contributed by atoms with Crippen molar-refractivity contribution >= 4 is 40.0 Å². The van der Waals surface area contributed by atoms with Crippen LogP contribution in [0.5, 0.6) is 0 Å². The third-order valence-electron chi connectivity index (χ3n) is 6.64. The van der Waals surface area contributed by atoms with E-state index in [0.29, 0.717) is 22.8 Å². The van der Waals surface area contributed by atoms with Gasteiger partial charge in [0.15, 0.2) is 0 Å². The standard InChI is InChI=1S/C28H28ClN5O2/c1-17-12-21(13-18(2)32-17)34-26-9-5-8-25(23(26)16-31-34)33-28(36)22-14-19(10-11-24(22)29)15-30-27(35)20-6-3-4-7-20/h5,8-14,16,20H,3-4,6-7,15H2,1-2H3,(H,30,35)(H,33,36). The first kappa shape index (κ1) is 24.0. The topological polar surface area (TPSA) is 88.9 Å². The van der Waals surface area contributed by atoms with Crippen molar-refractivity contribution in [1.29, 1.82) is 0 Å². The highest BCUT2D eigenvalue weighted by molar-refractivity contribution is 6.34. The molecule has 0 aliphatic heterocycles. The normalized spacial score (nSPS) is 13.8. The number of carbonyl (C=O) groups is 2. The molecule has 0 bridgehead atoms. The molecule has 7 nitrogen and oxygen atoms in total. The second kappa shape index (κ2) is 10.1. The summed E-state index contributed by atoms with van der Waals surface area (Å²) in [4.78, 5) is 30.0. The summed E-state index contributed by atoms with van der Waals surface area (Å²) in [6.45, 7) is 4.26. The van der Waals surface area contributed by atoms with Crippen LogP contribution < -0.4 is 10.6 Å². The number of amides is 2. The third kappa shape index (κ3) is 4.97. The summed E-state index contributed by atoms with van der Waals surface area (Å²) in [6, 6.07) is 14.9. The summed E-state index contributed by atoms with van der Waals surface area (Å²) in [5.41, 5.74) is 5.42. The number of fused-ring (bicyclic) bond motifs is 1. The molecule has 8 heteroatoms. The van der Waals surface area contributed by atoms with Crippen LogP contribution in [0.15, 0.2) is 54.7 Å². The lowest BCUT2D eigenvalue weighted by Gasteiger charge is -2.12. The molecule has 0 atom stereocenters. The van der Waals surface area contributed by atoms with Crippen molar-refractivity contribution < 1.29 is 9.59 Å². The molecule has 36 heavy (non-hydrogen) atoms. The number of nitrogens with zero attached hydrogens (tertiary/aromatic N) is 3. The van der Waals surface area contributed by atoms with Crippen molar-refractivity contribution in [3.63, 3.8) is 0 Å². The Balaban J connectivity index is 1.36. The van der Waals surface area contributed by atoms with E-state index in [1.54, 1.807) is 18.3 Å². The van der Waals surface area contributed by atoms with E-state index in [9.17, 15) is 9.59 Å². The Hall–Kier alpha value is -3.71. The van der Waals surface area contributed by atoms with Gasteiger partial charge in [0.1, 0.15) is 0 Å². The van der Waals surface area contributed by atoms with Gasteiger partial charge in [0.25, 0.3) is 5.91 Å². The lowest BCUT2D eigenvalue weighted by atomic mass is 10.1. The Morgan fingerprint density at radius 1 is 1.06 bits per heavy atom. The number of anilines is 1. The number of carbonyl (C=O) groups excluding carboxylic acids is 2. The number of hydrogen-bond acceptors (Lipinski definition) is 4. The van der Waals surface area contributed by atoms with Crippen molar-refractivity contribution in [3.8, 4) is 5.69 Å². The van der Waals surface area contributed by atoms with E-state index in [1.807, 2.05) is 54.9 Å². The van der Waals surface area contributed by atoms with Crippen LogP contribution in [0, 0.1) is 19.8 Å². The Morgan fingerprint density at radius 3 is 2.56 bits per heavy atom. The number of rotatable bonds is 6. The van der Waals surface area contributed by atoms with Crippen molar-refractivity contribution in [2.24, 2.45) is 5.92 Å². The Morgan fingerprint density at radius 2 is 1.81 bits per heavy atom. The van der Waals surface area contributed by atoms with Crippen LogP contribution in [0.4, 0.5) is 5.69 Å². The Bertz CT molecular complexity index is 1440. The number of aromatic nitrogens is 3. The lowest BCUT2D eigenvalue weighted by molar-refractivity contribution is -0.124. The third-order valence-corrected chi connectivity index (χ3v) is 6.97. The van der Waals surface area contributed by atoms with Crippen LogP contribution >= 0.6 is 11.6 Å². The summed E-state index contributed by atoms with van der Waals surface area (Å²) in [7, 11) is 0. The summed E-state index contributed by atoms with van der Waals surface area (Å²) in [6.07, 6.45) is 5.85. The molecule has 1 aliphatic carbocycles. The zero-order chi connectivity index (χ0) is 25.2. The Kier molecular flexibility index (Phi) is 6.74. The van der Waals surface area contributed by atoms with E-state index in [-0.39, 0.29) is 17.7 Å². The predicted octanol–water partition coefficient (Wildman–Crippen LogP) is 5.75. The lowest BCUT2D eigenvalue weighted by Crippen LogP contribution is -2.28. The van der Waals surface area contributed by atoms with E-state index in [1.165, 1.54) is 0 Å². The van der Waals surface area contributed by atoms with Crippen LogP contribution in [-0.2, 0) is 11.3 Å². The van der Waals surface area contributed by atoms with Gasteiger partial charge in [0.05, 0.1) is 33.7 Å². The molecule has 1 aliphatic rings. The maximum Gasteiger partial charge on any atom is 0.257 e. The molecule has 0 saturated heterocycles. The smallest absolute Gasteiger partial charge is 0.257 e. The van der Waals surface area contributed by atoms with E-state index in [0.717, 1.165) is 59.2 Å². The quantitative estimate of drug-likeness (QED) is 0.352. The fourth-order valence-electron chi connectivity index (χ4n) is 4.87. The molecule has 2 heterocycles. The molecule has 5 rings (SSSR count). The molecule has 4 aromatic rings. The van der Waals surface area contributed by atoms with Gasteiger partial charge < -0.3 is 10.6 Å². The minimum absolute atomic E-state index is 0.0803. The minimum Gasteiger partial charge on any atom is -0.352 e. The molecule has 2 amide bonds. The monoisotopic (exact) mass is 501 g/mol. The van der Waals surface area contributed by atoms with Crippen LogP contribution in [0.2, 0.25) is 5.02 Å². The maximum absolute atomic E-state index is 13.2. The molecule has 1 saturated carbocycles. The van der Waals surface area contributed by atoms with Crippen LogP contribution in [-0.4, -0.2) is 26.6 Å². The van der Waals surface area contributed by atoms with Gasteiger partial charge in [-0.3, -0.25) is 14.6 Å². The van der Waals surface area contributed by atoms with Crippen molar-refractivity contribution in [3.05, 3.63) is 82.3 Å². The van der Waals surface area contributed by atoms with Crippen LogP contribution in [0.3, 0.4) is 0 Å². The average Bonchev–Trinajstić information content (AvgIpc) is 3.54. The first-order valence-electron chi connectivity index (χ1n) is 12.2. The number of nitrogens with one attached hydrogen (secondary N) is 2. The predicted molar refractivity (Wildman–Crippen MR) is 142 cm³/mol. The average molecular weight is 502 g/mol. The van der Waals surface area contributed by atoms with E-state index < -0.39 is 0 Å². The second-order valence-corrected chi connectivity index (χ2v) is 9.78. The minimum atomic E-state index is -0.320. The SMILES string of the molecule is Cc1cc(-n2ncc3c(NC(=O)c4cc(CNC(=O)C5CCCC5)ccc4Cl)cccc32)cc(C)n1. The van der Waals surface area contributed by atoms with Gasteiger partial charge in [-0.15, -0.1) is 0 Å². The van der Waals surface area contributed by atoms with E-state index >= 15 is 0 Å². The highest BCUT2D eigenvalue weighted by atomic mass is 35.5.